The normalized spacial score (nSPS) is 11.3. The van der Waals surface area contributed by atoms with Crippen molar-refractivity contribution in [2.75, 3.05) is 5.32 Å². The monoisotopic (exact) mass is 424 g/mol. The number of carbonyl (C=O) groups is 1. The summed E-state index contributed by atoms with van der Waals surface area (Å²) in [5.41, 5.74) is 4.23. The number of carbonyl (C=O) groups excluding carboxylic acids is 1. The highest BCUT2D eigenvalue weighted by atomic mass is 79.9. The van der Waals surface area contributed by atoms with Crippen molar-refractivity contribution in [3.05, 3.63) is 70.6 Å². The molecule has 0 spiro atoms. The molecule has 2 aromatic heterocycles. The van der Waals surface area contributed by atoms with E-state index in [1.807, 2.05) is 18.2 Å². The van der Waals surface area contributed by atoms with E-state index in [1.54, 1.807) is 29.1 Å². The molecule has 27 heavy (non-hydrogen) atoms. The van der Waals surface area contributed by atoms with E-state index in [-0.39, 0.29) is 11.7 Å². The number of rotatable bonds is 4. The van der Waals surface area contributed by atoms with Crippen LogP contribution in [0.4, 0.5) is 5.69 Å². The third-order valence-corrected chi connectivity index (χ3v) is 4.65. The van der Waals surface area contributed by atoms with Gasteiger partial charge in [0.25, 0.3) is 5.91 Å². The van der Waals surface area contributed by atoms with Gasteiger partial charge < -0.3 is 9.73 Å². The molecular weight excluding hydrogens is 408 g/mol. The summed E-state index contributed by atoms with van der Waals surface area (Å²) in [6.07, 6.45) is 0. The molecule has 136 valence electrons. The van der Waals surface area contributed by atoms with Crippen LogP contribution in [0.3, 0.4) is 0 Å². The van der Waals surface area contributed by atoms with Crippen molar-refractivity contribution in [2.24, 2.45) is 0 Å². The maximum absolute atomic E-state index is 12.2. The van der Waals surface area contributed by atoms with E-state index < -0.39 is 0 Å². The predicted molar refractivity (Wildman–Crippen MR) is 107 cm³/mol. The number of amides is 1. The minimum absolute atomic E-state index is 0.232. The molecule has 2 aromatic carbocycles. The van der Waals surface area contributed by atoms with E-state index >= 15 is 0 Å². The van der Waals surface area contributed by atoms with E-state index in [1.165, 1.54) is 5.56 Å². The average Bonchev–Trinajstić information content (AvgIpc) is 3.27. The summed E-state index contributed by atoms with van der Waals surface area (Å²) in [4.78, 5) is 13.8. The number of furan rings is 1. The molecule has 0 radical (unpaired) electrons. The highest BCUT2D eigenvalue weighted by Gasteiger charge is 2.12. The molecule has 6 nitrogen and oxygen atoms in total. The molecule has 2 heterocycles. The first-order valence-electron chi connectivity index (χ1n) is 8.54. The Morgan fingerprint density at radius 2 is 1.78 bits per heavy atom. The number of nitrogens with one attached hydrogen (secondary N) is 1. The number of aromatic nitrogens is 3. The van der Waals surface area contributed by atoms with Crippen molar-refractivity contribution in [1.82, 2.24) is 15.0 Å². The Bertz CT molecular complexity index is 1110. The first-order chi connectivity index (χ1) is 13.0. The number of fused-ring (bicyclic) bond motifs is 1. The molecule has 0 aliphatic heterocycles. The second-order valence-electron chi connectivity index (χ2n) is 6.50. The average molecular weight is 425 g/mol. The maximum Gasteiger partial charge on any atom is 0.291 e. The molecule has 0 aliphatic carbocycles. The first kappa shape index (κ1) is 17.5. The molecule has 0 saturated heterocycles. The first-order valence-corrected chi connectivity index (χ1v) is 9.33. The Balaban J connectivity index is 1.59. The smallest absolute Gasteiger partial charge is 0.291 e. The van der Waals surface area contributed by atoms with Crippen LogP contribution in [0, 0.1) is 0 Å². The molecular formula is C20H17BrN4O2. The Morgan fingerprint density at radius 3 is 2.44 bits per heavy atom. The zero-order chi connectivity index (χ0) is 19.0. The van der Waals surface area contributed by atoms with Crippen molar-refractivity contribution in [2.45, 2.75) is 19.8 Å². The van der Waals surface area contributed by atoms with Gasteiger partial charge in [-0.15, -0.1) is 10.2 Å². The largest absolute Gasteiger partial charge is 0.444 e. The molecule has 0 bridgehead atoms. The fraction of sp³-hybridized carbons (Fsp3) is 0.150. The zero-order valence-corrected chi connectivity index (χ0v) is 16.4. The van der Waals surface area contributed by atoms with Gasteiger partial charge in [-0.25, -0.2) is 0 Å². The molecule has 0 unspecified atom stereocenters. The number of benzene rings is 2. The van der Waals surface area contributed by atoms with E-state index in [9.17, 15) is 4.79 Å². The van der Waals surface area contributed by atoms with E-state index in [4.69, 9.17) is 4.42 Å². The molecule has 1 amide bonds. The van der Waals surface area contributed by atoms with Crippen LogP contribution < -0.4 is 5.32 Å². The van der Waals surface area contributed by atoms with Gasteiger partial charge in [0, 0.05) is 5.69 Å². The van der Waals surface area contributed by atoms with Crippen LogP contribution in [0.1, 0.15) is 35.9 Å². The number of anilines is 1. The van der Waals surface area contributed by atoms with Gasteiger partial charge in [-0.05, 0) is 69.9 Å². The van der Waals surface area contributed by atoms with Crippen molar-refractivity contribution in [1.29, 1.82) is 0 Å². The topological polar surface area (TPSA) is 73.0 Å². The number of hydrogen-bond acceptors (Lipinski definition) is 4. The Morgan fingerprint density at radius 1 is 1.04 bits per heavy atom. The molecule has 0 saturated carbocycles. The van der Waals surface area contributed by atoms with Gasteiger partial charge in [0.15, 0.2) is 10.4 Å². The minimum Gasteiger partial charge on any atom is -0.444 e. The quantitative estimate of drug-likeness (QED) is 0.491. The van der Waals surface area contributed by atoms with Crippen molar-refractivity contribution >= 4 is 38.6 Å². The number of nitrogens with zero attached hydrogens (tertiary/aromatic N) is 3. The standard InChI is InChI=1S/C20H17BrN4O2/c1-12(2)13-3-6-15(7-4-13)25-23-16-8-5-14(11-17(16)24-25)22-20(26)18-9-10-19(21)27-18/h3-12H,1-2H3,(H,22,26). The summed E-state index contributed by atoms with van der Waals surface area (Å²) in [7, 11) is 0. The Kier molecular flexibility index (Phi) is 4.53. The second kappa shape index (κ2) is 7.00. The summed E-state index contributed by atoms with van der Waals surface area (Å²) in [5, 5.41) is 11.8. The summed E-state index contributed by atoms with van der Waals surface area (Å²) < 4.78 is 5.77. The maximum atomic E-state index is 12.2. The van der Waals surface area contributed by atoms with Crippen LogP contribution in [0.5, 0.6) is 0 Å². The summed E-state index contributed by atoms with van der Waals surface area (Å²) in [6, 6.07) is 16.9. The second-order valence-corrected chi connectivity index (χ2v) is 7.28. The van der Waals surface area contributed by atoms with Crippen molar-refractivity contribution < 1.29 is 9.21 Å². The fourth-order valence-electron chi connectivity index (χ4n) is 2.73. The lowest BCUT2D eigenvalue weighted by molar-refractivity contribution is 0.0995. The summed E-state index contributed by atoms with van der Waals surface area (Å²) >= 11 is 3.19. The Hall–Kier alpha value is -2.93. The van der Waals surface area contributed by atoms with Crippen LogP contribution in [0.2, 0.25) is 0 Å². The molecule has 0 aliphatic rings. The van der Waals surface area contributed by atoms with Gasteiger partial charge in [0.05, 0.1) is 5.69 Å². The highest BCUT2D eigenvalue weighted by Crippen LogP contribution is 2.21. The van der Waals surface area contributed by atoms with Gasteiger partial charge in [-0.1, -0.05) is 26.0 Å². The van der Waals surface area contributed by atoms with Gasteiger partial charge in [-0.2, -0.15) is 4.80 Å². The predicted octanol–water partition coefficient (Wildman–Crippen LogP) is 5.15. The molecule has 0 atom stereocenters. The lowest BCUT2D eigenvalue weighted by atomic mass is 10.0. The van der Waals surface area contributed by atoms with E-state index in [0.717, 1.165) is 11.2 Å². The Labute approximate surface area is 164 Å². The molecule has 4 aromatic rings. The minimum atomic E-state index is -0.322. The highest BCUT2D eigenvalue weighted by molar-refractivity contribution is 9.10. The van der Waals surface area contributed by atoms with Crippen molar-refractivity contribution in [3.8, 4) is 5.69 Å². The summed E-state index contributed by atoms with van der Waals surface area (Å²) in [5.74, 6) is 0.386. The number of halogens is 1. The third-order valence-electron chi connectivity index (χ3n) is 4.23. The van der Waals surface area contributed by atoms with Gasteiger partial charge >= 0.3 is 0 Å². The lowest BCUT2D eigenvalue weighted by Gasteiger charge is -2.05. The van der Waals surface area contributed by atoms with Crippen LogP contribution in [-0.2, 0) is 0 Å². The van der Waals surface area contributed by atoms with Crippen LogP contribution >= 0.6 is 15.9 Å². The molecule has 7 heteroatoms. The van der Waals surface area contributed by atoms with E-state index in [0.29, 0.717) is 21.8 Å². The van der Waals surface area contributed by atoms with Crippen LogP contribution in [0.25, 0.3) is 16.7 Å². The zero-order valence-electron chi connectivity index (χ0n) is 14.8. The van der Waals surface area contributed by atoms with Gasteiger partial charge in [0.1, 0.15) is 11.0 Å². The van der Waals surface area contributed by atoms with Crippen LogP contribution in [-0.4, -0.2) is 20.9 Å². The summed E-state index contributed by atoms with van der Waals surface area (Å²) in [6.45, 7) is 4.32. The molecule has 1 N–H and O–H groups in total. The molecule has 0 fully saturated rings. The fourth-order valence-corrected chi connectivity index (χ4v) is 3.04. The van der Waals surface area contributed by atoms with E-state index in [2.05, 4.69) is 57.4 Å². The third kappa shape index (κ3) is 3.64. The SMILES string of the molecule is CC(C)c1ccc(-n2nc3ccc(NC(=O)c4ccc(Br)o4)cc3n2)cc1. The molecule has 4 rings (SSSR count). The van der Waals surface area contributed by atoms with Gasteiger partial charge in [-0.3, -0.25) is 4.79 Å². The number of hydrogen-bond donors (Lipinski definition) is 1. The van der Waals surface area contributed by atoms with Gasteiger partial charge in [0.2, 0.25) is 0 Å². The van der Waals surface area contributed by atoms with Crippen LogP contribution in [0.15, 0.2) is 63.7 Å². The lowest BCUT2D eigenvalue weighted by Crippen LogP contribution is -2.10. The van der Waals surface area contributed by atoms with Crippen molar-refractivity contribution in [3.63, 3.8) is 0 Å².